The van der Waals surface area contributed by atoms with Gasteiger partial charge in [0, 0.05) is 18.8 Å². The molecule has 0 saturated carbocycles. The van der Waals surface area contributed by atoms with E-state index in [0.29, 0.717) is 6.04 Å². The van der Waals surface area contributed by atoms with Crippen LogP contribution in [0.2, 0.25) is 0 Å². The smallest absolute Gasteiger partial charge is 0.0995 e. The van der Waals surface area contributed by atoms with Gasteiger partial charge in [-0.2, -0.15) is 5.10 Å². The van der Waals surface area contributed by atoms with Crippen LogP contribution < -0.4 is 5.32 Å². The molecule has 1 aliphatic heterocycles. The Morgan fingerprint density at radius 2 is 2.41 bits per heavy atom. The third kappa shape index (κ3) is 1.86. The van der Waals surface area contributed by atoms with Crippen molar-refractivity contribution < 1.29 is 0 Å². The summed E-state index contributed by atoms with van der Waals surface area (Å²) in [5.74, 6) is 0. The molecule has 1 aliphatic rings. The van der Waals surface area contributed by atoms with E-state index >= 15 is 0 Å². The fourth-order valence-corrected chi connectivity index (χ4v) is 2.37. The molecule has 0 spiro atoms. The SMILES string of the molecule is CCn1cc(-n2cncc2C2CCCN2)cn1. The molecule has 0 aromatic carbocycles. The first-order valence-electron chi connectivity index (χ1n) is 6.17. The zero-order valence-corrected chi connectivity index (χ0v) is 10.0. The Morgan fingerprint density at radius 3 is 3.12 bits per heavy atom. The van der Waals surface area contributed by atoms with Gasteiger partial charge < -0.3 is 5.32 Å². The molecule has 0 amide bonds. The summed E-state index contributed by atoms with van der Waals surface area (Å²) in [5, 5.41) is 7.81. The van der Waals surface area contributed by atoms with Gasteiger partial charge in [0.15, 0.2) is 0 Å². The molecule has 17 heavy (non-hydrogen) atoms. The molecule has 90 valence electrons. The van der Waals surface area contributed by atoms with Crippen molar-refractivity contribution in [3.8, 4) is 5.69 Å². The standard InChI is InChI=1S/C12H17N5/c1-2-16-8-10(6-15-16)17-9-13-7-12(17)11-4-3-5-14-11/h6-9,11,14H,2-5H2,1H3. The van der Waals surface area contributed by atoms with Gasteiger partial charge in [0.05, 0.1) is 30.1 Å². The Labute approximate surface area is 100 Å². The molecule has 5 heteroatoms. The molecule has 2 aromatic rings. The van der Waals surface area contributed by atoms with Gasteiger partial charge in [0.1, 0.15) is 0 Å². The van der Waals surface area contributed by atoms with Crippen LogP contribution >= 0.6 is 0 Å². The maximum absolute atomic E-state index is 4.31. The third-order valence-corrected chi connectivity index (χ3v) is 3.31. The van der Waals surface area contributed by atoms with Gasteiger partial charge in [-0.1, -0.05) is 0 Å². The predicted octanol–water partition coefficient (Wildman–Crippen LogP) is 1.51. The van der Waals surface area contributed by atoms with Crippen LogP contribution in [-0.2, 0) is 6.54 Å². The van der Waals surface area contributed by atoms with E-state index in [4.69, 9.17) is 0 Å². The molecular weight excluding hydrogens is 214 g/mol. The Morgan fingerprint density at radius 1 is 1.47 bits per heavy atom. The summed E-state index contributed by atoms with van der Waals surface area (Å²) in [6.07, 6.45) is 10.2. The number of nitrogens with zero attached hydrogens (tertiary/aromatic N) is 4. The highest BCUT2D eigenvalue weighted by Crippen LogP contribution is 2.24. The lowest BCUT2D eigenvalue weighted by molar-refractivity contribution is 0.614. The van der Waals surface area contributed by atoms with E-state index in [1.165, 1.54) is 18.5 Å². The van der Waals surface area contributed by atoms with E-state index in [1.54, 1.807) is 0 Å². The van der Waals surface area contributed by atoms with Gasteiger partial charge in [-0.3, -0.25) is 9.25 Å². The zero-order valence-electron chi connectivity index (χ0n) is 10.0. The maximum Gasteiger partial charge on any atom is 0.0995 e. The minimum absolute atomic E-state index is 0.433. The van der Waals surface area contributed by atoms with Gasteiger partial charge in [-0.25, -0.2) is 4.98 Å². The average Bonchev–Trinajstić information content (AvgIpc) is 3.09. The van der Waals surface area contributed by atoms with Crippen LogP contribution in [0.3, 0.4) is 0 Å². The molecule has 1 unspecified atom stereocenters. The van der Waals surface area contributed by atoms with Crippen molar-refractivity contribution in [2.45, 2.75) is 32.4 Å². The minimum Gasteiger partial charge on any atom is -0.309 e. The summed E-state index contributed by atoms with van der Waals surface area (Å²) < 4.78 is 4.06. The number of rotatable bonds is 3. The van der Waals surface area contributed by atoms with Gasteiger partial charge in [-0.15, -0.1) is 0 Å². The first-order chi connectivity index (χ1) is 8.38. The maximum atomic E-state index is 4.31. The number of aromatic nitrogens is 4. The predicted molar refractivity (Wildman–Crippen MR) is 65.0 cm³/mol. The van der Waals surface area contributed by atoms with Crippen LogP contribution in [0.1, 0.15) is 31.5 Å². The molecule has 1 atom stereocenters. The Balaban J connectivity index is 1.94. The van der Waals surface area contributed by atoms with E-state index in [9.17, 15) is 0 Å². The molecule has 5 nitrogen and oxygen atoms in total. The third-order valence-electron chi connectivity index (χ3n) is 3.31. The van der Waals surface area contributed by atoms with E-state index < -0.39 is 0 Å². The van der Waals surface area contributed by atoms with Crippen molar-refractivity contribution in [3.05, 3.63) is 30.6 Å². The second-order valence-electron chi connectivity index (χ2n) is 4.39. The van der Waals surface area contributed by atoms with E-state index in [-0.39, 0.29) is 0 Å². The number of aryl methyl sites for hydroxylation is 1. The number of hydrogen-bond donors (Lipinski definition) is 1. The largest absolute Gasteiger partial charge is 0.309 e. The fraction of sp³-hybridized carbons (Fsp3) is 0.500. The number of imidazole rings is 1. The highest BCUT2D eigenvalue weighted by molar-refractivity contribution is 5.29. The summed E-state index contributed by atoms with van der Waals surface area (Å²) in [5.41, 5.74) is 2.33. The molecule has 1 saturated heterocycles. The zero-order chi connectivity index (χ0) is 11.7. The van der Waals surface area contributed by atoms with Crippen LogP contribution in [0.15, 0.2) is 24.9 Å². The summed E-state index contributed by atoms with van der Waals surface area (Å²) in [6, 6.07) is 0.433. The van der Waals surface area contributed by atoms with Crippen molar-refractivity contribution in [2.24, 2.45) is 0 Å². The van der Waals surface area contributed by atoms with Gasteiger partial charge >= 0.3 is 0 Å². The van der Waals surface area contributed by atoms with Crippen molar-refractivity contribution >= 4 is 0 Å². The van der Waals surface area contributed by atoms with Crippen molar-refractivity contribution in [3.63, 3.8) is 0 Å². The Hall–Kier alpha value is -1.62. The van der Waals surface area contributed by atoms with Crippen LogP contribution in [0.5, 0.6) is 0 Å². The van der Waals surface area contributed by atoms with E-state index in [1.807, 2.05) is 23.4 Å². The lowest BCUT2D eigenvalue weighted by Gasteiger charge is -2.12. The second kappa shape index (κ2) is 4.33. The van der Waals surface area contributed by atoms with Crippen LogP contribution in [0.25, 0.3) is 5.69 Å². The van der Waals surface area contributed by atoms with Crippen molar-refractivity contribution in [1.82, 2.24) is 24.6 Å². The molecule has 3 rings (SSSR count). The normalized spacial score (nSPS) is 19.9. The molecule has 0 radical (unpaired) electrons. The molecular formula is C12H17N5. The van der Waals surface area contributed by atoms with E-state index in [0.717, 1.165) is 18.8 Å². The minimum atomic E-state index is 0.433. The second-order valence-corrected chi connectivity index (χ2v) is 4.39. The first-order valence-corrected chi connectivity index (χ1v) is 6.17. The summed E-state index contributed by atoms with van der Waals surface area (Å²) in [4.78, 5) is 4.26. The van der Waals surface area contributed by atoms with Gasteiger partial charge in [0.2, 0.25) is 0 Å². The number of nitrogens with one attached hydrogen (secondary N) is 1. The lowest BCUT2D eigenvalue weighted by Crippen LogP contribution is -2.15. The summed E-state index contributed by atoms with van der Waals surface area (Å²) in [6.45, 7) is 4.08. The first kappa shape index (κ1) is 10.5. The van der Waals surface area contributed by atoms with Crippen LogP contribution in [0.4, 0.5) is 0 Å². The topological polar surface area (TPSA) is 47.7 Å². The monoisotopic (exact) mass is 231 g/mol. The summed E-state index contributed by atoms with van der Waals surface area (Å²) in [7, 11) is 0. The lowest BCUT2D eigenvalue weighted by atomic mass is 10.2. The van der Waals surface area contributed by atoms with Crippen molar-refractivity contribution in [2.75, 3.05) is 6.54 Å². The van der Waals surface area contributed by atoms with Crippen LogP contribution in [0, 0.1) is 0 Å². The number of hydrogen-bond acceptors (Lipinski definition) is 3. The van der Waals surface area contributed by atoms with Gasteiger partial charge in [-0.05, 0) is 26.3 Å². The highest BCUT2D eigenvalue weighted by Gasteiger charge is 2.20. The average molecular weight is 231 g/mol. The molecule has 1 N–H and O–H groups in total. The highest BCUT2D eigenvalue weighted by atomic mass is 15.3. The molecule has 0 aliphatic carbocycles. The molecule has 3 heterocycles. The van der Waals surface area contributed by atoms with Crippen molar-refractivity contribution in [1.29, 1.82) is 0 Å². The van der Waals surface area contributed by atoms with E-state index in [2.05, 4.69) is 33.1 Å². The Bertz CT molecular complexity index is 492. The summed E-state index contributed by atoms with van der Waals surface area (Å²) >= 11 is 0. The van der Waals surface area contributed by atoms with Gasteiger partial charge in [0.25, 0.3) is 0 Å². The Kier molecular flexibility index (Phi) is 2.68. The fourth-order valence-electron chi connectivity index (χ4n) is 2.37. The molecule has 1 fully saturated rings. The molecule has 2 aromatic heterocycles. The quantitative estimate of drug-likeness (QED) is 0.871. The van der Waals surface area contributed by atoms with Crippen LogP contribution in [-0.4, -0.2) is 25.9 Å². The molecule has 0 bridgehead atoms.